The number of benzene rings is 1. The summed E-state index contributed by atoms with van der Waals surface area (Å²) in [5, 5.41) is 1.61. The van der Waals surface area contributed by atoms with E-state index in [1.807, 2.05) is 30.3 Å². The maximum atomic E-state index is 6.19. The molecule has 0 aliphatic heterocycles. The van der Waals surface area contributed by atoms with Crippen molar-refractivity contribution in [3.8, 4) is 17.1 Å². The second-order valence-corrected chi connectivity index (χ2v) is 4.48. The van der Waals surface area contributed by atoms with Gasteiger partial charge < -0.3 is 4.74 Å². The van der Waals surface area contributed by atoms with Gasteiger partial charge in [-0.15, -0.1) is 0 Å². The molecule has 0 spiro atoms. The summed E-state index contributed by atoms with van der Waals surface area (Å²) in [6.07, 6.45) is 1.70. The molecule has 2 aromatic heterocycles. The summed E-state index contributed by atoms with van der Waals surface area (Å²) in [4.78, 5) is 8.80. The number of fused-ring (bicyclic) bond motifs is 1. The van der Waals surface area contributed by atoms with E-state index in [9.17, 15) is 0 Å². The van der Waals surface area contributed by atoms with E-state index < -0.39 is 0 Å². The highest BCUT2D eigenvalue weighted by Gasteiger charge is 2.13. The van der Waals surface area contributed by atoms with Gasteiger partial charge in [-0.3, -0.25) is 4.98 Å². The Hall–Kier alpha value is -2.13. The summed E-state index contributed by atoms with van der Waals surface area (Å²) in [7, 11) is 1.59. The second-order valence-electron chi connectivity index (χ2n) is 4.07. The summed E-state index contributed by atoms with van der Waals surface area (Å²) >= 11 is 6.19. The standard InChI is InChI=1S/C15H11ClN2O/c1-19-15-11(14-12(16)6-4-8-17-14)9-10-5-2-3-7-13(10)18-15/h2-9H,1H3. The molecule has 94 valence electrons. The summed E-state index contributed by atoms with van der Waals surface area (Å²) < 4.78 is 5.35. The van der Waals surface area contributed by atoms with Crippen molar-refractivity contribution in [1.82, 2.24) is 9.97 Å². The van der Waals surface area contributed by atoms with E-state index in [0.29, 0.717) is 16.6 Å². The highest BCUT2D eigenvalue weighted by atomic mass is 35.5. The molecule has 0 atom stereocenters. The van der Waals surface area contributed by atoms with E-state index in [-0.39, 0.29) is 0 Å². The van der Waals surface area contributed by atoms with Crippen LogP contribution in [0.3, 0.4) is 0 Å². The molecule has 0 amide bonds. The lowest BCUT2D eigenvalue weighted by molar-refractivity contribution is 0.401. The number of ether oxygens (including phenoxy) is 1. The van der Waals surface area contributed by atoms with Gasteiger partial charge in [-0.2, -0.15) is 0 Å². The Morgan fingerprint density at radius 3 is 2.74 bits per heavy atom. The predicted molar refractivity (Wildman–Crippen MR) is 76.5 cm³/mol. The average Bonchev–Trinajstić information content (AvgIpc) is 2.46. The fourth-order valence-corrected chi connectivity index (χ4v) is 2.23. The number of aromatic nitrogens is 2. The van der Waals surface area contributed by atoms with E-state index in [2.05, 4.69) is 9.97 Å². The van der Waals surface area contributed by atoms with Crippen LogP contribution in [0, 0.1) is 0 Å². The molecule has 4 heteroatoms. The smallest absolute Gasteiger partial charge is 0.223 e. The Morgan fingerprint density at radius 1 is 1.11 bits per heavy atom. The number of rotatable bonds is 2. The van der Waals surface area contributed by atoms with E-state index in [0.717, 1.165) is 16.5 Å². The molecule has 0 radical (unpaired) electrons. The molecule has 1 aromatic carbocycles. The monoisotopic (exact) mass is 270 g/mol. The Morgan fingerprint density at radius 2 is 1.95 bits per heavy atom. The van der Waals surface area contributed by atoms with Crippen LogP contribution in [0.2, 0.25) is 5.02 Å². The van der Waals surface area contributed by atoms with Crippen LogP contribution >= 0.6 is 11.6 Å². The molecular weight excluding hydrogens is 260 g/mol. The molecule has 0 N–H and O–H groups in total. The maximum Gasteiger partial charge on any atom is 0.223 e. The number of para-hydroxylation sites is 1. The van der Waals surface area contributed by atoms with Gasteiger partial charge in [0, 0.05) is 11.6 Å². The van der Waals surface area contributed by atoms with Crippen LogP contribution in [0.15, 0.2) is 48.7 Å². The predicted octanol–water partition coefficient (Wildman–Crippen LogP) is 3.96. The Kier molecular flexibility index (Phi) is 3.05. The number of methoxy groups -OCH3 is 1. The first-order valence-corrected chi connectivity index (χ1v) is 6.22. The SMILES string of the molecule is COc1nc2ccccc2cc1-c1ncccc1Cl. The lowest BCUT2D eigenvalue weighted by Crippen LogP contribution is -1.94. The Balaban J connectivity index is 2.31. The topological polar surface area (TPSA) is 35.0 Å². The number of hydrogen-bond acceptors (Lipinski definition) is 3. The van der Waals surface area contributed by atoms with Crippen molar-refractivity contribution in [2.24, 2.45) is 0 Å². The minimum absolute atomic E-state index is 0.527. The molecule has 19 heavy (non-hydrogen) atoms. The van der Waals surface area contributed by atoms with Crippen molar-refractivity contribution in [3.05, 3.63) is 53.7 Å². The van der Waals surface area contributed by atoms with E-state index in [4.69, 9.17) is 16.3 Å². The van der Waals surface area contributed by atoms with E-state index in [1.54, 1.807) is 25.4 Å². The quantitative estimate of drug-likeness (QED) is 0.707. The van der Waals surface area contributed by atoms with Gasteiger partial charge in [0.1, 0.15) is 0 Å². The molecular formula is C15H11ClN2O. The first-order valence-electron chi connectivity index (χ1n) is 5.84. The highest BCUT2D eigenvalue weighted by molar-refractivity contribution is 6.33. The van der Waals surface area contributed by atoms with Gasteiger partial charge >= 0.3 is 0 Å². The number of hydrogen-bond donors (Lipinski definition) is 0. The van der Waals surface area contributed by atoms with E-state index in [1.165, 1.54) is 0 Å². The maximum absolute atomic E-state index is 6.19. The number of pyridine rings is 2. The van der Waals surface area contributed by atoms with Gasteiger partial charge in [0.15, 0.2) is 0 Å². The molecule has 0 saturated heterocycles. The van der Waals surface area contributed by atoms with Gasteiger partial charge in [-0.25, -0.2) is 4.98 Å². The second kappa shape index (κ2) is 4.86. The zero-order valence-electron chi connectivity index (χ0n) is 10.3. The zero-order valence-corrected chi connectivity index (χ0v) is 11.1. The molecule has 0 aliphatic rings. The van der Waals surface area contributed by atoms with Crippen LogP contribution in [0.1, 0.15) is 0 Å². The molecule has 3 rings (SSSR count). The van der Waals surface area contributed by atoms with Crippen LogP contribution in [0.4, 0.5) is 0 Å². The highest BCUT2D eigenvalue weighted by Crippen LogP contribution is 2.33. The third-order valence-electron chi connectivity index (χ3n) is 2.90. The zero-order chi connectivity index (χ0) is 13.2. The summed E-state index contributed by atoms with van der Waals surface area (Å²) in [5.74, 6) is 0.527. The van der Waals surface area contributed by atoms with Crippen LogP contribution in [0.5, 0.6) is 5.88 Å². The van der Waals surface area contributed by atoms with Gasteiger partial charge in [0.25, 0.3) is 0 Å². The Labute approximate surface area is 115 Å². The summed E-state index contributed by atoms with van der Waals surface area (Å²) in [6.45, 7) is 0. The van der Waals surface area contributed by atoms with Crippen LogP contribution < -0.4 is 4.74 Å². The molecule has 2 heterocycles. The largest absolute Gasteiger partial charge is 0.480 e. The summed E-state index contributed by atoms with van der Waals surface area (Å²) in [6, 6.07) is 13.5. The third-order valence-corrected chi connectivity index (χ3v) is 3.20. The fraction of sp³-hybridized carbons (Fsp3) is 0.0667. The van der Waals surface area contributed by atoms with Crippen LogP contribution in [-0.2, 0) is 0 Å². The van der Waals surface area contributed by atoms with Crippen molar-refractivity contribution in [2.45, 2.75) is 0 Å². The lowest BCUT2D eigenvalue weighted by Gasteiger charge is -2.09. The van der Waals surface area contributed by atoms with Gasteiger partial charge in [0.2, 0.25) is 5.88 Å². The van der Waals surface area contributed by atoms with Gasteiger partial charge in [-0.1, -0.05) is 29.8 Å². The number of nitrogens with zero attached hydrogens (tertiary/aromatic N) is 2. The normalized spacial score (nSPS) is 10.6. The van der Waals surface area contributed by atoms with Gasteiger partial charge in [-0.05, 0) is 24.3 Å². The number of halogens is 1. The molecule has 0 bridgehead atoms. The fourth-order valence-electron chi connectivity index (χ4n) is 2.01. The Bertz CT molecular complexity index is 743. The average molecular weight is 271 g/mol. The molecule has 0 fully saturated rings. The lowest BCUT2D eigenvalue weighted by atomic mass is 10.1. The molecule has 3 nitrogen and oxygen atoms in total. The van der Waals surface area contributed by atoms with Crippen molar-refractivity contribution < 1.29 is 4.74 Å². The molecule has 3 aromatic rings. The minimum Gasteiger partial charge on any atom is -0.480 e. The molecule has 0 aliphatic carbocycles. The first-order chi connectivity index (χ1) is 9.29. The van der Waals surface area contributed by atoms with Crippen LogP contribution in [-0.4, -0.2) is 17.1 Å². The van der Waals surface area contributed by atoms with Crippen molar-refractivity contribution in [3.63, 3.8) is 0 Å². The summed E-state index contributed by atoms with van der Waals surface area (Å²) in [5.41, 5.74) is 2.36. The third kappa shape index (κ3) is 2.13. The molecule has 0 unspecified atom stereocenters. The van der Waals surface area contributed by atoms with Gasteiger partial charge in [0.05, 0.1) is 28.9 Å². The van der Waals surface area contributed by atoms with E-state index >= 15 is 0 Å². The van der Waals surface area contributed by atoms with Crippen molar-refractivity contribution in [1.29, 1.82) is 0 Å². The minimum atomic E-state index is 0.527. The van der Waals surface area contributed by atoms with Crippen molar-refractivity contribution in [2.75, 3.05) is 7.11 Å². The van der Waals surface area contributed by atoms with Crippen LogP contribution in [0.25, 0.3) is 22.2 Å². The van der Waals surface area contributed by atoms with Crippen molar-refractivity contribution >= 4 is 22.5 Å². The first kappa shape index (κ1) is 11.9. The molecule has 0 saturated carbocycles.